The molecule has 1 atom stereocenters. The van der Waals surface area contributed by atoms with Crippen molar-refractivity contribution in [1.82, 2.24) is 4.72 Å². The van der Waals surface area contributed by atoms with Crippen LogP contribution in [0.4, 0.5) is 5.69 Å². The van der Waals surface area contributed by atoms with E-state index in [4.69, 9.17) is 21.1 Å². The van der Waals surface area contributed by atoms with Crippen LogP contribution < -0.4 is 19.5 Å². The molecule has 31 heavy (non-hydrogen) atoms. The highest BCUT2D eigenvalue weighted by atomic mass is 35.5. The van der Waals surface area contributed by atoms with Crippen LogP contribution in [-0.2, 0) is 19.9 Å². The van der Waals surface area contributed by atoms with E-state index >= 15 is 0 Å². The number of anilines is 1. The number of nitrogens with one attached hydrogen (secondary N) is 2. The Morgan fingerprint density at radius 2 is 1.84 bits per heavy atom. The number of carbonyl (C=O) groups is 1. The molecule has 0 saturated carbocycles. The fourth-order valence-corrected chi connectivity index (χ4v) is 6.46. The molecule has 2 aromatic carbocycles. The quantitative estimate of drug-likeness (QED) is 0.610. The van der Waals surface area contributed by atoms with Crippen LogP contribution in [0.2, 0.25) is 5.02 Å². The minimum Gasteiger partial charge on any atom is -0.495 e. The fourth-order valence-electron chi connectivity index (χ4n) is 3.13. The number of hydrogen-bond donors (Lipinski definition) is 2. The first-order valence-electron chi connectivity index (χ1n) is 9.10. The van der Waals surface area contributed by atoms with Gasteiger partial charge in [0, 0.05) is 23.7 Å². The summed E-state index contributed by atoms with van der Waals surface area (Å²) >= 11 is 6.06. The summed E-state index contributed by atoms with van der Waals surface area (Å²) in [5, 5.41) is 2.94. The standard InChI is InChI=1S/C19H21ClN2O7S2/c1-28-17-10-16(18(29-2)9-15(17)20)21-19(23)12-4-3-5-14(8-12)31(26,27)22-13-6-7-30(24,25)11-13/h3-5,8-10,13,22H,6-7,11H2,1-2H3,(H,21,23). The SMILES string of the molecule is COc1cc(NC(=O)c2cccc(S(=O)(=O)NC3CCS(=O)(=O)C3)c2)c(OC)cc1Cl. The van der Waals surface area contributed by atoms with Crippen LogP contribution in [0.25, 0.3) is 0 Å². The third-order valence-corrected chi connectivity index (χ3v) is 8.26. The van der Waals surface area contributed by atoms with Gasteiger partial charge in [-0.3, -0.25) is 4.79 Å². The Kier molecular flexibility index (Phi) is 6.79. The van der Waals surface area contributed by atoms with Crippen molar-refractivity contribution in [3.8, 4) is 11.5 Å². The molecule has 1 amide bonds. The van der Waals surface area contributed by atoms with Gasteiger partial charge < -0.3 is 14.8 Å². The van der Waals surface area contributed by atoms with Crippen LogP contribution in [0.15, 0.2) is 41.3 Å². The molecule has 12 heteroatoms. The predicted octanol–water partition coefficient (Wildman–Crippen LogP) is 2.07. The zero-order chi connectivity index (χ0) is 22.8. The molecule has 168 valence electrons. The Morgan fingerprint density at radius 1 is 1.13 bits per heavy atom. The van der Waals surface area contributed by atoms with E-state index in [1.54, 1.807) is 0 Å². The minimum absolute atomic E-state index is 0.0605. The molecule has 0 aliphatic carbocycles. The lowest BCUT2D eigenvalue weighted by Gasteiger charge is -2.14. The highest BCUT2D eigenvalue weighted by molar-refractivity contribution is 7.92. The van der Waals surface area contributed by atoms with Crippen LogP contribution in [0.5, 0.6) is 11.5 Å². The Bertz CT molecular complexity index is 1210. The minimum atomic E-state index is -4.01. The third-order valence-electron chi connectivity index (χ3n) is 4.68. The van der Waals surface area contributed by atoms with Crippen molar-refractivity contribution >= 4 is 43.1 Å². The molecular weight excluding hydrogens is 468 g/mol. The molecule has 1 heterocycles. The van der Waals surface area contributed by atoms with Gasteiger partial charge in [-0.25, -0.2) is 21.6 Å². The van der Waals surface area contributed by atoms with E-state index in [0.717, 1.165) is 0 Å². The van der Waals surface area contributed by atoms with E-state index in [1.807, 2.05) is 0 Å². The Labute approximate surface area is 185 Å². The second-order valence-electron chi connectivity index (χ2n) is 6.89. The van der Waals surface area contributed by atoms with Crippen LogP contribution in [0.3, 0.4) is 0 Å². The number of benzene rings is 2. The Morgan fingerprint density at radius 3 is 2.45 bits per heavy atom. The lowest BCUT2D eigenvalue weighted by Crippen LogP contribution is -2.35. The molecule has 0 aromatic heterocycles. The largest absolute Gasteiger partial charge is 0.495 e. The molecule has 1 fully saturated rings. The lowest BCUT2D eigenvalue weighted by molar-refractivity contribution is 0.102. The summed E-state index contributed by atoms with van der Waals surface area (Å²) in [6, 6.07) is 7.69. The van der Waals surface area contributed by atoms with Gasteiger partial charge >= 0.3 is 0 Å². The number of hydrogen-bond acceptors (Lipinski definition) is 7. The van der Waals surface area contributed by atoms with Gasteiger partial charge in [0.25, 0.3) is 5.91 Å². The first-order chi connectivity index (χ1) is 14.5. The van der Waals surface area contributed by atoms with Gasteiger partial charge in [-0.2, -0.15) is 0 Å². The topological polar surface area (TPSA) is 128 Å². The summed E-state index contributed by atoms with van der Waals surface area (Å²) in [5.74, 6) is -0.264. The fraction of sp³-hybridized carbons (Fsp3) is 0.316. The highest BCUT2D eigenvalue weighted by Gasteiger charge is 2.31. The maximum absolute atomic E-state index is 12.7. The van der Waals surface area contributed by atoms with E-state index in [0.29, 0.717) is 16.5 Å². The van der Waals surface area contributed by atoms with E-state index in [9.17, 15) is 21.6 Å². The van der Waals surface area contributed by atoms with E-state index < -0.39 is 31.8 Å². The molecule has 0 bridgehead atoms. The summed E-state index contributed by atoms with van der Waals surface area (Å²) < 4.78 is 61.3. The molecule has 9 nitrogen and oxygen atoms in total. The monoisotopic (exact) mass is 488 g/mol. The second-order valence-corrected chi connectivity index (χ2v) is 11.2. The Balaban J connectivity index is 1.82. The number of ether oxygens (including phenoxy) is 2. The number of halogens is 1. The van der Waals surface area contributed by atoms with E-state index in [1.165, 1.54) is 50.6 Å². The summed E-state index contributed by atoms with van der Waals surface area (Å²) in [4.78, 5) is 12.6. The van der Waals surface area contributed by atoms with Crippen molar-refractivity contribution in [2.45, 2.75) is 17.4 Å². The normalized spacial score (nSPS) is 17.8. The molecule has 0 spiro atoms. The van der Waals surface area contributed by atoms with E-state index in [2.05, 4.69) is 10.0 Å². The highest BCUT2D eigenvalue weighted by Crippen LogP contribution is 2.36. The van der Waals surface area contributed by atoms with Crippen LogP contribution in [-0.4, -0.2) is 54.5 Å². The molecule has 1 aliphatic heterocycles. The number of rotatable bonds is 7. The average Bonchev–Trinajstić information content (AvgIpc) is 3.06. The van der Waals surface area contributed by atoms with Crippen molar-refractivity contribution in [2.75, 3.05) is 31.0 Å². The van der Waals surface area contributed by atoms with Crippen molar-refractivity contribution in [1.29, 1.82) is 0 Å². The van der Waals surface area contributed by atoms with E-state index in [-0.39, 0.29) is 34.1 Å². The summed E-state index contributed by atoms with van der Waals surface area (Å²) in [6.45, 7) is 0. The Hall–Kier alpha value is -2.34. The average molecular weight is 489 g/mol. The maximum Gasteiger partial charge on any atom is 0.255 e. The van der Waals surface area contributed by atoms with Crippen molar-refractivity contribution in [2.24, 2.45) is 0 Å². The first-order valence-corrected chi connectivity index (χ1v) is 12.8. The smallest absolute Gasteiger partial charge is 0.255 e. The van der Waals surface area contributed by atoms with Crippen LogP contribution >= 0.6 is 11.6 Å². The third kappa shape index (κ3) is 5.48. The summed E-state index contributed by atoms with van der Waals surface area (Å²) in [5.41, 5.74) is 0.370. The number of methoxy groups -OCH3 is 2. The number of carbonyl (C=O) groups excluding carboxylic acids is 1. The molecule has 0 radical (unpaired) electrons. The van der Waals surface area contributed by atoms with Gasteiger partial charge in [-0.05, 0) is 24.6 Å². The number of sulfonamides is 1. The predicted molar refractivity (Wildman–Crippen MR) is 116 cm³/mol. The molecule has 2 aromatic rings. The molecule has 2 N–H and O–H groups in total. The van der Waals surface area contributed by atoms with Crippen molar-refractivity contribution in [3.63, 3.8) is 0 Å². The van der Waals surface area contributed by atoms with Gasteiger partial charge in [0.15, 0.2) is 9.84 Å². The van der Waals surface area contributed by atoms with Crippen molar-refractivity contribution in [3.05, 3.63) is 47.0 Å². The molecule has 1 unspecified atom stereocenters. The summed E-state index contributed by atoms with van der Waals surface area (Å²) in [6.07, 6.45) is 0.208. The summed E-state index contributed by atoms with van der Waals surface area (Å²) in [7, 11) is -4.41. The lowest BCUT2D eigenvalue weighted by atomic mass is 10.2. The number of sulfone groups is 1. The second kappa shape index (κ2) is 9.03. The first kappa shape index (κ1) is 23.3. The maximum atomic E-state index is 12.7. The van der Waals surface area contributed by atoms with Gasteiger partial charge in [-0.15, -0.1) is 0 Å². The van der Waals surface area contributed by atoms with Crippen LogP contribution in [0.1, 0.15) is 16.8 Å². The van der Waals surface area contributed by atoms with Crippen LogP contribution in [0, 0.1) is 0 Å². The molecule has 3 rings (SSSR count). The zero-order valence-corrected chi connectivity index (χ0v) is 19.1. The zero-order valence-electron chi connectivity index (χ0n) is 16.7. The molecular formula is C19H21ClN2O7S2. The molecule has 1 saturated heterocycles. The number of amides is 1. The van der Waals surface area contributed by atoms with Gasteiger partial charge in [0.2, 0.25) is 10.0 Å². The van der Waals surface area contributed by atoms with Gasteiger partial charge in [0.05, 0.1) is 41.3 Å². The van der Waals surface area contributed by atoms with Crippen molar-refractivity contribution < 1.29 is 31.1 Å². The van der Waals surface area contributed by atoms with Gasteiger partial charge in [0.1, 0.15) is 11.5 Å². The van der Waals surface area contributed by atoms with Gasteiger partial charge in [-0.1, -0.05) is 17.7 Å². The molecule has 1 aliphatic rings.